The second kappa shape index (κ2) is 12.8. The normalized spacial score (nSPS) is 16.5. The number of rotatable bonds is 8. The monoisotopic (exact) mass is 543 g/mol. The van der Waals surface area contributed by atoms with Gasteiger partial charge in [-0.1, -0.05) is 24.6 Å². The third kappa shape index (κ3) is 8.40. The Morgan fingerprint density at radius 3 is 2.61 bits per heavy atom. The lowest BCUT2D eigenvalue weighted by Gasteiger charge is -2.32. The van der Waals surface area contributed by atoms with Gasteiger partial charge in [0.05, 0.1) is 4.90 Å². The van der Waals surface area contributed by atoms with Crippen molar-refractivity contribution in [3.05, 3.63) is 29.3 Å². The van der Waals surface area contributed by atoms with Crippen molar-refractivity contribution in [1.82, 2.24) is 20.3 Å². The summed E-state index contributed by atoms with van der Waals surface area (Å²) in [6.07, 6.45) is 3.36. The van der Waals surface area contributed by atoms with Gasteiger partial charge in [0.2, 0.25) is 10.0 Å². The van der Waals surface area contributed by atoms with Crippen LogP contribution in [0.4, 0.5) is 0 Å². The molecule has 1 aromatic rings. The van der Waals surface area contributed by atoms with Crippen molar-refractivity contribution in [2.75, 3.05) is 39.8 Å². The lowest BCUT2D eigenvalue weighted by Crippen LogP contribution is -2.49. The fourth-order valence-electron chi connectivity index (χ4n) is 3.09. The lowest BCUT2D eigenvalue weighted by atomic mass is 10.1. The molecular weight excluding hydrogens is 513 g/mol. The number of aliphatic imine (C=N–C) groups is 1. The number of nitrogens with zero attached hydrogens (tertiary/aromatic N) is 2. The maximum absolute atomic E-state index is 12.3. The molecule has 0 atom stereocenters. The molecular formula is C18H31ClIN5O2S. The van der Waals surface area contributed by atoms with Crippen LogP contribution in [-0.4, -0.2) is 65.1 Å². The van der Waals surface area contributed by atoms with Crippen molar-refractivity contribution in [2.45, 2.75) is 37.1 Å². The summed E-state index contributed by atoms with van der Waals surface area (Å²) in [5.41, 5.74) is 0. The maximum Gasteiger partial charge on any atom is 0.240 e. The Balaban J connectivity index is 0.00000392. The number of nitrogens with one attached hydrogen (secondary N) is 3. The van der Waals surface area contributed by atoms with E-state index in [1.165, 1.54) is 18.6 Å². The van der Waals surface area contributed by atoms with Crippen LogP contribution in [0.2, 0.25) is 5.02 Å². The SMILES string of the molecule is CCCN1CCC(NC(=NC)NCCNS(=O)(=O)c2cccc(Cl)c2)CC1.I. The first-order chi connectivity index (χ1) is 12.9. The number of sulfonamides is 1. The first-order valence-electron chi connectivity index (χ1n) is 9.39. The van der Waals surface area contributed by atoms with Crippen molar-refractivity contribution in [3.8, 4) is 0 Å². The molecule has 0 aromatic heterocycles. The van der Waals surface area contributed by atoms with E-state index in [1.54, 1.807) is 19.2 Å². The molecule has 0 saturated carbocycles. The second-order valence-electron chi connectivity index (χ2n) is 6.61. The van der Waals surface area contributed by atoms with Crippen LogP contribution in [0.15, 0.2) is 34.2 Å². The Kier molecular flexibility index (Phi) is 11.7. The largest absolute Gasteiger partial charge is 0.355 e. The molecule has 0 spiro atoms. The van der Waals surface area contributed by atoms with Crippen LogP contribution in [0.1, 0.15) is 26.2 Å². The van der Waals surface area contributed by atoms with Gasteiger partial charge in [-0.05, 0) is 44.0 Å². The molecule has 0 bridgehead atoms. The number of halogens is 2. The highest BCUT2D eigenvalue weighted by Crippen LogP contribution is 2.15. The lowest BCUT2D eigenvalue weighted by molar-refractivity contribution is 0.206. The molecule has 7 nitrogen and oxygen atoms in total. The highest BCUT2D eigenvalue weighted by molar-refractivity contribution is 14.0. The summed E-state index contributed by atoms with van der Waals surface area (Å²) in [4.78, 5) is 6.88. The van der Waals surface area contributed by atoms with E-state index in [2.05, 4.69) is 32.2 Å². The van der Waals surface area contributed by atoms with Gasteiger partial charge in [0, 0.05) is 44.3 Å². The van der Waals surface area contributed by atoms with E-state index >= 15 is 0 Å². The fourth-order valence-corrected chi connectivity index (χ4v) is 4.42. The minimum absolute atomic E-state index is 0. The second-order valence-corrected chi connectivity index (χ2v) is 8.82. The zero-order chi connectivity index (χ0) is 19.7. The van der Waals surface area contributed by atoms with Crippen LogP contribution >= 0.6 is 35.6 Å². The first kappa shape index (κ1) is 25.4. The van der Waals surface area contributed by atoms with Gasteiger partial charge in [0.15, 0.2) is 5.96 Å². The standard InChI is InChI=1S/C18H30ClN5O2S.HI/c1-3-11-24-12-7-16(8-13-24)23-18(20-2)21-9-10-22-27(25,26)17-6-4-5-15(19)14-17;/h4-6,14,16,22H,3,7-13H2,1-2H3,(H2,20,21,23);1H. The molecule has 10 heteroatoms. The van der Waals surface area contributed by atoms with Crippen LogP contribution in [0.25, 0.3) is 0 Å². The number of piperidine rings is 1. The molecule has 1 aliphatic heterocycles. The van der Waals surface area contributed by atoms with E-state index in [9.17, 15) is 8.42 Å². The van der Waals surface area contributed by atoms with Crippen molar-refractivity contribution in [2.24, 2.45) is 4.99 Å². The predicted octanol–water partition coefficient (Wildman–Crippen LogP) is 2.28. The van der Waals surface area contributed by atoms with Crippen LogP contribution in [0.3, 0.4) is 0 Å². The minimum Gasteiger partial charge on any atom is -0.355 e. The summed E-state index contributed by atoms with van der Waals surface area (Å²) in [5, 5.41) is 6.98. The number of likely N-dealkylation sites (tertiary alicyclic amines) is 1. The molecule has 0 radical (unpaired) electrons. The number of guanidine groups is 1. The third-order valence-electron chi connectivity index (χ3n) is 4.51. The van der Waals surface area contributed by atoms with Crippen molar-refractivity contribution < 1.29 is 8.42 Å². The average molecular weight is 544 g/mol. The number of benzene rings is 1. The number of hydrogen-bond acceptors (Lipinski definition) is 4. The van der Waals surface area contributed by atoms with E-state index in [4.69, 9.17) is 11.6 Å². The van der Waals surface area contributed by atoms with Crippen molar-refractivity contribution in [1.29, 1.82) is 0 Å². The van der Waals surface area contributed by atoms with Crippen LogP contribution in [0, 0.1) is 0 Å². The Hall–Kier alpha value is -0.620. The van der Waals surface area contributed by atoms with Gasteiger partial charge in [0.1, 0.15) is 0 Å². The summed E-state index contributed by atoms with van der Waals surface area (Å²) in [5.74, 6) is 0.700. The van der Waals surface area contributed by atoms with Crippen molar-refractivity contribution >= 4 is 51.6 Å². The van der Waals surface area contributed by atoms with E-state index in [-0.39, 0.29) is 35.4 Å². The van der Waals surface area contributed by atoms with E-state index < -0.39 is 10.0 Å². The highest BCUT2D eigenvalue weighted by Gasteiger charge is 2.19. The quantitative estimate of drug-likeness (QED) is 0.203. The van der Waals surface area contributed by atoms with Gasteiger partial charge in [-0.2, -0.15) is 0 Å². The molecule has 1 aromatic carbocycles. The Morgan fingerprint density at radius 2 is 2.00 bits per heavy atom. The topological polar surface area (TPSA) is 85.8 Å². The van der Waals surface area contributed by atoms with E-state index in [1.807, 2.05) is 0 Å². The fraction of sp³-hybridized carbons (Fsp3) is 0.611. The molecule has 2 rings (SSSR count). The highest BCUT2D eigenvalue weighted by atomic mass is 127. The average Bonchev–Trinajstić information content (AvgIpc) is 2.66. The van der Waals surface area contributed by atoms with E-state index in [0.29, 0.717) is 23.6 Å². The number of hydrogen-bond donors (Lipinski definition) is 3. The molecule has 1 fully saturated rings. The van der Waals surface area contributed by atoms with Crippen LogP contribution in [-0.2, 0) is 10.0 Å². The molecule has 1 saturated heterocycles. The van der Waals surface area contributed by atoms with Gasteiger partial charge in [-0.25, -0.2) is 13.1 Å². The summed E-state index contributed by atoms with van der Waals surface area (Å²) in [6, 6.07) is 6.61. The zero-order valence-corrected chi connectivity index (χ0v) is 20.4. The van der Waals surface area contributed by atoms with Crippen LogP contribution in [0.5, 0.6) is 0 Å². The first-order valence-corrected chi connectivity index (χ1v) is 11.3. The van der Waals surface area contributed by atoms with Gasteiger partial charge >= 0.3 is 0 Å². The molecule has 1 heterocycles. The Morgan fingerprint density at radius 1 is 1.29 bits per heavy atom. The third-order valence-corrected chi connectivity index (χ3v) is 6.20. The summed E-state index contributed by atoms with van der Waals surface area (Å²) >= 11 is 5.86. The maximum atomic E-state index is 12.3. The van der Waals surface area contributed by atoms with Gasteiger partial charge in [0.25, 0.3) is 0 Å². The smallest absolute Gasteiger partial charge is 0.240 e. The van der Waals surface area contributed by atoms with Gasteiger partial charge in [-0.15, -0.1) is 24.0 Å². The summed E-state index contributed by atoms with van der Waals surface area (Å²) in [6.45, 7) is 6.26. The molecule has 3 N–H and O–H groups in total. The molecule has 0 unspecified atom stereocenters. The minimum atomic E-state index is -3.57. The zero-order valence-electron chi connectivity index (χ0n) is 16.4. The summed E-state index contributed by atoms with van der Waals surface area (Å²) in [7, 11) is -1.85. The van der Waals surface area contributed by atoms with Crippen molar-refractivity contribution in [3.63, 3.8) is 0 Å². The molecule has 0 amide bonds. The van der Waals surface area contributed by atoms with E-state index in [0.717, 1.165) is 32.5 Å². The molecule has 28 heavy (non-hydrogen) atoms. The molecule has 0 aliphatic carbocycles. The van der Waals surface area contributed by atoms with Gasteiger partial charge < -0.3 is 15.5 Å². The predicted molar refractivity (Wildman–Crippen MR) is 126 cm³/mol. The molecule has 1 aliphatic rings. The molecule has 160 valence electrons. The Bertz CT molecular complexity index is 724. The van der Waals surface area contributed by atoms with Crippen LogP contribution < -0.4 is 15.4 Å². The van der Waals surface area contributed by atoms with Gasteiger partial charge in [-0.3, -0.25) is 4.99 Å². The Labute approximate surface area is 190 Å². The summed E-state index contributed by atoms with van der Waals surface area (Å²) < 4.78 is 27.1.